The van der Waals surface area contributed by atoms with Crippen LogP contribution < -0.4 is 4.90 Å². The van der Waals surface area contributed by atoms with Crippen LogP contribution in [0.25, 0.3) is 32.3 Å². The average Bonchev–Trinajstić information content (AvgIpc) is 2.85. The van der Waals surface area contributed by atoms with Gasteiger partial charge in [-0.25, -0.2) is 0 Å². The highest BCUT2D eigenvalue weighted by Gasteiger charge is 2.14. The third-order valence-corrected chi connectivity index (χ3v) is 7.36. The fourth-order valence-corrected chi connectivity index (χ4v) is 5.36. The van der Waals surface area contributed by atoms with Crippen LogP contribution in [0.15, 0.2) is 72.8 Å². The Morgan fingerprint density at radius 2 is 1.21 bits per heavy atom. The molecule has 0 radical (unpaired) electrons. The van der Waals surface area contributed by atoms with Crippen molar-refractivity contribution in [2.75, 3.05) is 11.9 Å². The fourth-order valence-electron chi connectivity index (χ4n) is 5.36. The molecular formula is C32H35N. The zero-order valence-electron chi connectivity index (χ0n) is 20.3. The maximum atomic E-state index is 2.34. The summed E-state index contributed by atoms with van der Waals surface area (Å²) in [4.78, 5) is 2.34. The van der Waals surface area contributed by atoms with Gasteiger partial charge in [0.05, 0.1) is 0 Å². The van der Waals surface area contributed by atoms with Gasteiger partial charge in [-0.1, -0.05) is 93.6 Å². The first-order chi connectivity index (χ1) is 16.2. The molecule has 33 heavy (non-hydrogen) atoms. The summed E-state index contributed by atoms with van der Waals surface area (Å²) < 4.78 is 0. The van der Waals surface area contributed by atoms with E-state index in [1.165, 1.54) is 99.8 Å². The minimum absolute atomic E-state index is 1.19. The molecule has 0 aliphatic rings. The zero-order chi connectivity index (χ0) is 22.8. The lowest BCUT2D eigenvalue weighted by Crippen LogP contribution is -2.10. The van der Waals surface area contributed by atoms with Crippen molar-refractivity contribution >= 4 is 43.7 Å². The number of nitrogens with zero attached hydrogens (tertiary/aromatic N) is 1. The Bertz CT molecular complexity index is 1360. The fraction of sp³-hybridized carbons (Fsp3) is 0.312. The van der Waals surface area contributed by atoms with Gasteiger partial charge in [-0.05, 0) is 76.0 Å². The SMILES string of the molecule is CCCCCCCCc1ccc(N(C)c2ccc3ccc4c(C)ccc5ccc2c3c54)cc1. The van der Waals surface area contributed by atoms with Crippen LogP contribution in [-0.4, -0.2) is 7.05 Å². The molecule has 0 saturated carbocycles. The zero-order valence-corrected chi connectivity index (χ0v) is 20.3. The van der Waals surface area contributed by atoms with Gasteiger partial charge in [0.15, 0.2) is 0 Å². The summed E-state index contributed by atoms with van der Waals surface area (Å²) >= 11 is 0. The highest BCUT2D eigenvalue weighted by atomic mass is 15.1. The van der Waals surface area contributed by atoms with E-state index < -0.39 is 0 Å². The number of benzene rings is 5. The summed E-state index contributed by atoms with van der Waals surface area (Å²) in [6, 6.07) is 27.4. The molecule has 1 heteroatoms. The monoisotopic (exact) mass is 433 g/mol. The first-order valence-corrected chi connectivity index (χ1v) is 12.7. The van der Waals surface area contributed by atoms with E-state index in [9.17, 15) is 0 Å². The Hall–Kier alpha value is -3.06. The Balaban J connectivity index is 1.41. The van der Waals surface area contributed by atoms with Gasteiger partial charge in [-0.2, -0.15) is 0 Å². The summed E-state index contributed by atoms with van der Waals surface area (Å²) in [5.74, 6) is 0. The molecule has 5 aromatic rings. The van der Waals surface area contributed by atoms with Crippen LogP contribution in [0.2, 0.25) is 0 Å². The molecule has 0 aromatic heterocycles. The lowest BCUT2D eigenvalue weighted by atomic mass is 9.91. The number of aryl methyl sites for hydroxylation is 2. The van der Waals surface area contributed by atoms with E-state index in [2.05, 4.69) is 98.6 Å². The molecule has 5 rings (SSSR count). The van der Waals surface area contributed by atoms with Crippen LogP contribution >= 0.6 is 0 Å². The second-order valence-corrected chi connectivity index (χ2v) is 9.63. The minimum atomic E-state index is 1.19. The number of hydrogen-bond donors (Lipinski definition) is 0. The molecule has 0 saturated heterocycles. The van der Waals surface area contributed by atoms with Gasteiger partial charge in [0.1, 0.15) is 0 Å². The van der Waals surface area contributed by atoms with E-state index in [0.717, 1.165) is 0 Å². The Morgan fingerprint density at radius 1 is 0.606 bits per heavy atom. The Kier molecular flexibility index (Phi) is 6.22. The summed E-state index contributed by atoms with van der Waals surface area (Å²) in [6.07, 6.45) is 9.30. The lowest BCUT2D eigenvalue weighted by Gasteiger charge is -2.23. The van der Waals surface area contributed by atoms with Crippen molar-refractivity contribution in [2.24, 2.45) is 0 Å². The predicted molar refractivity (Wildman–Crippen MR) is 146 cm³/mol. The van der Waals surface area contributed by atoms with Crippen molar-refractivity contribution in [1.29, 1.82) is 0 Å². The van der Waals surface area contributed by atoms with Crippen molar-refractivity contribution in [3.8, 4) is 0 Å². The van der Waals surface area contributed by atoms with Crippen molar-refractivity contribution < 1.29 is 0 Å². The third-order valence-electron chi connectivity index (χ3n) is 7.36. The van der Waals surface area contributed by atoms with Gasteiger partial charge in [0.25, 0.3) is 0 Å². The van der Waals surface area contributed by atoms with Crippen LogP contribution in [-0.2, 0) is 6.42 Å². The smallest absolute Gasteiger partial charge is 0.0488 e. The van der Waals surface area contributed by atoms with Gasteiger partial charge in [0.2, 0.25) is 0 Å². The van der Waals surface area contributed by atoms with Crippen molar-refractivity contribution in [2.45, 2.75) is 58.8 Å². The highest BCUT2D eigenvalue weighted by Crippen LogP contribution is 2.41. The number of unbranched alkanes of at least 4 members (excludes halogenated alkanes) is 5. The van der Waals surface area contributed by atoms with Crippen LogP contribution in [0.5, 0.6) is 0 Å². The maximum Gasteiger partial charge on any atom is 0.0488 e. The molecule has 0 atom stereocenters. The molecule has 0 bridgehead atoms. The van der Waals surface area contributed by atoms with E-state index in [-0.39, 0.29) is 0 Å². The molecule has 0 aliphatic carbocycles. The maximum absolute atomic E-state index is 2.34. The van der Waals surface area contributed by atoms with Gasteiger partial charge in [-0.15, -0.1) is 0 Å². The molecule has 0 unspecified atom stereocenters. The second kappa shape index (κ2) is 9.43. The van der Waals surface area contributed by atoms with Gasteiger partial charge < -0.3 is 4.90 Å². The standard InChI is InChI=1S/C32H35N/c1-4-5-6-7-8-9-10-24-12-18-27(19-13-24)33(3)30-22-17-26-15-20-28-23(2)11-14-25-16-21-29(30)32(26)31(25)28/h11-22H,4-10H2,1-3H3. The summed E-state index contributed by atoms with van der Waals surface area (Å²) in [5, 5.41) is 8.12. The highest BCUT2D eigenvalue weighted by molar-refractivity contribution is 6.25. The first kappa shape index (κ1) is 21.8. The van der Waals surface area contributed by atoms with Gasteiger partial charge in [-0.3, -0.25) is 0 Å². The van der Waals surface area contributed by atoms with E-state index in [1.54, 1.807) is 0 Å². The van der Waals surface area contributed by atoms with E-state index in [1.807, 2.05) is 0 Å². The molecule has 0 aliphatic heterocycles. The van der Waals surface area contributed by atoms with Crippen molar-refractivity contribution in [3.05, 3.63) is 83.9 Å². The second-order valence-electron chi connectivity index (χ2n) is 9.63. The van der Waals surface area contributed by atoms with E-state index >= 15 is 0 Å². The molecule has 0 heterocycles. The number of rotatable bonds is 9. The number of anilines is 2. The molecular weight excluding hydrogens is 398 g/mol. The molecule has 0 spiro atoms. The molecule has 5 aromatic carbocycles. The van der Waals surface area contributed by atoms with Gasteiger partial charge in [0, 0.05) is 23.8 Å². The summed E-state index contributed by atoms with van der Waals surface area (Å²) in [6.45, 7) is 4.49. The van der Waals surface area contributed by atoms with Crippen LogP contribution in [0, 0.1) is 6.92 Å². The van der Waals surface area contributed by atoms with Crippen LogP contribution in [0.4, 0.5) is 11.4 Å². The molecule has 1 nitrogen and oxygen atoms in total. The quantitative estimate of drug-likeness (QED) is 0.165. The van der Waals surface area contributed by atoms with Crippen LogP contribution in [0.1, 0.15) is 56.6 Å². The van der Waals surface area contributed by atoms with Crippen LogP contribution in [0.3, 0.4) is 0 Å². The largest absolute Gasteiger partial charge is 0.344 e. The summed E-state index contributed by atoms with van der Waals surface area (Å²) in [5.41, 5.74) is 5.31. The van der Waals surface area contributed by atoms with Gasteiger partial charge >= 0.3 is 0 Å². The molecule has 0 N–H and O–H groups in total. The molecule has 0 fully saturated rings. The van der Waals surface area contributed by atoms with E-state index in [4.69, 9.17) is 0 Å². The summed E-state index contributed by atoms with van der Waals surface area (Å²) in [7, 11) is 2.19. The molecule has 168 valence electrons. The lowest BCUT2D eigenvalue weighted by molar-refractivity contribution is 0.607. The predicted octanol–water partition coefficient (Wildman–Crippen LogP) is 9.56. The number of hydrogen-bond acceptors (Lipinski definition) is 1. The topological polar surface area (TPSA) is 3.24 Å². The Morgan fingerprint density at radius 3 is 1.97 bits per heavy atom. The normalized spacial score (nSPS) is 11.7. The van der Waals surface area contributed by atoms with E-state index in [0.29, 0.717) is 0 Å². The molecule has 0 amide bonds. The first-order valence-electron chi connectivity index (χ1n) is 12.7. The Labute approximate surface area is 198 Å². The average molecular weight is 434 g/mol. The van der Waals surface area contributed by atoms with Crippen molar-refractivity contribution in [1.82, 2.24) is 0 Å². The third kappa shape index (κ3) is 4.17. The van der Waals surface area contributed by atoms with Crippen molar-refractivity contribution in [3.63, 3.8) is 0 Å². The minimum Gasteiger partial charge on any atom is -0.344 e.